The zero-order valence-electron chi connectivity index (χ0n) is 13.3. The van der Waals surface area contributed by atoms with E-state index in [4.69, 9.17) is 0 Å². The van der Waals surface area contributed by atoms with Gasteiger partial charge in [-0.1, -0.05) is 19.9 Å². The zero-order chi connectivity index (χ0) is 15.9. The van der Waals surface area contributed by atoms with Crippen molar-refractivity contribution in [1.29, 1.82) is 0 Å². The highest BCUT2D eigenvalue weighted by molar-refractivity contribution is 5.98. The number of aromatic nitrogens is 1. The van der Waals surface area contributed by atoms with Gasteiger partial charge in [0.2, 0.25) is 5.91 Å². The number of aliphatic hydroxyl groups excluding tert-OH is 1. The molecule has 5 heteroatoms. The number of nitrogens with zero attached hydrogens (tertiary/aromatic N) is 1. The summed E-state index contributed by atoms with van der Waals surface area (Å²) in [4.78, 5) is 18.0. The van der Waals surface area contributed by atoms with Gasteiger partial charge in [0.1, 0.15) is 6.04 Å². The molecule has 22 heavy (non-hydrogen) atoms. The van der Waals surface area contributed by atoms with E-state index >= 15 is 0 Å². The van der Waals surface area contributed by atoms with Crippen molar-refractivity contribution >= 4 is 22.5 Å². The van der Waals surface area contributed by atoms with Crippen molar-refractivity contribution in [2.45, 2.75) is 32.4 Å². The Hall–Kier alpha value is -2.01. The molecule has 0 spiro atoms. The Balaban J connectivity index is 2.20. The summed E-state index contributed by atoms with van der Waals surface area (Å²) in [7, 11) is 1.97. The Morgan fingerprint density at radius 1 is 1.41 bits per heavy atom. The van der Waals surface area contributed by atoms with Crippen molar-refractivity contribution in [2.24, 2.45) is 5.92 Å². The average Bonchev–Trinajstić information content (AvgIpc) is 2.89. The first-order chi connectivity index (χ1) is 10.5. The molecule has 3 N–H and O–H groups in total. The van der Waals surface area contributed by atoms with Crippen LogP contribution in [0, 0.1) is 5.92 Å². The van der Waals surface area contributed by atoms with Crippen LogP contribution in [0.25, 0.3) is 10.9 Å². The van der Waals surface area contributed by atoms with E-state index in [1.807, 2.05) is 39.2 Å². The minimum absolute atomic E-state index is 0.0253. The molecule has 0 saturated carbocycles. The van der Waals surface area contributed by atoms with Gasteiger partial charge in [-0.25, -0.2) is 0 Å². The summed E-state index contributed by atoms with van der Waals surface area (Å²) in [6.07, 6.45) is 2.60. The lowest BCUT2D eigenvalue weighted by atomic mass is 10.0. The molecule has 0 fully saturated rings. The summed E-state index contributed by atoms with van der Waals surface area (Å²) in [6, 6.07) is 5.59. The maximum absolute atomic E-state index is 12.7. The zero-order valence-corrected chi connectivity index (χ0v) is 13.3. The molecule has 2 aromatic rings. The lowest BCUT2D eigenvalue weighted by Gasteiger charge is -2.32. The van der Waals surface area contributed by atoms with Crippen LogP contribution in [0.5, 0.6) is 0 Å². The van der Waals surface area contributed by atoms with Gasteiger partial charge in [0.05, 0.1) is 12.6 Å². The van der Waals surface area contributed by atoms with E-state index in [0.717, 1.165) is 22.2 Å². The van der Waals surface area contributed by atoms with Gasteiger partial charge >= 0.3 is 0 Å². The molecule has 0 aliphatic carbocycles. The standard InChI is InChI=1S/C17H23N3O2/c1-10(2)16-17(22)19-12(9-21)7-11-8-18-13-5-4-6-14(15(11)13)20(16)3/h4-6,8,10,12,16,18,21H,7,9H2,1-3H3,(H,19,22)/t12-,16-/m1/s1. The molecule has 118 valence electrons. The Labute approximate surface area is 130 Å². The van der Waals surface area contributed by atoms with E-state index in [9.17, 15) is 9.90 Å². The van der Waals surface area contributed by atoms with Crippen LogP contribution in [-0.4, -0.2) is 41.7 Å². The molecular formula is C17H23N3O2. The Morgan fingerprint density at radius 3 is 2.86 bits per heavy atom. The van der Waals surface area contributed by atoms with Gasteiger partial charge in [-0.05, 0) is 30.0 Å². The first-order valence-corrected chi connectivity index (χ1v) is 7.76. The van der Waals surface area contributed by atoms with Crippen LogP contribution in [-0.2, 0) is 11.2 Å². The van der Waals surface area contributed by atoms with Crippen LogP contribution in [0.1, 0.15) is 19.4 Å². The molecular weight excluding hydrogens is 278 g/mol. The van der Waals surface area contributed by atoms with Crippen molar-refractivity contribution in [2.75, 3.05) is 18.6 Å². The van der Waals surface area contributed by atoms with Gasteiger partial charge in [0.15, 0.2) is 0 Å². The molecule has 0 bridgehead atoms. The third kappa shape index (κ3) is 2.35. The number of carbonyl (C=O) groups is 1. The van der Waals surface area contributed by atoms with E-state index in [1.165, 1.54) is 0 Å². The van der Waals surface area contributed by atoms with E-state index in [1.54, 1.807) is 0 Å². The SMILES string of the molecule is CC(C)[C@@H]1C(=O)N[C@@H](CO)Cc2c[nH]c3cccc(c23)N1C. The quantitative estimate of drug-likeness (QED) is 0.790. The van der Waals surface area contributed by atoms with Gasteiger partial charge in [0.25, 0.3) is 0 Å². The number of nitrogens with one attached hydrogen (secondary N) is 2. The number of hydrogen-bond acceptors (Lipinski definition) is 3. The van der Waals surface area contributed by atoms with Crippen molar-refractivity contribution in [3.8, 4) is 0 Å². The second-order valence-electron chi connectivity index (χ2n) is 6.41. The summed E-state index contributed by atoms with van der Waals surface area (Å²) in [6.45, 7) is 4.03. The number of amides is 1. The van der Waals surface area contributed by atoms with E-state index in [0.29, 0.717) is 6.42 Å². The summed E-state index contributed by atoms with van der Waals surface area (Å²) in [5, 5.41) is 13.7. The third-order valence-electron chi connectivity index (χ3n) is 4.50. The number of carbonyl (C=O) groups excluding carboxylic acids is 1. The monoisotopic (exact) mass is 301 g/mol. The van der Waals surface area contributed by atoms with Crippen molar-refractivity contribution in [3.63, 3.8) is 0 Å². The third-order valence-corrected chi connectivity index (χ3v) is 4.50. The molecule has 1 aromatic heterocycles. The molecule has 1 aromatic carbocycles. The van der Waals surface area contributed by atoms with Crippen LogP contribution >= 0.6 is 0 Å². The van der Waals surface area contributed by atoms with Crippen LogP contribution in [0.15, 0.2) is 24.4 Å². The van der Waals surface area contributed by atoms with Crippen molar-refractivity contribution < 1.29 is 9.90 Å². The Morgan fingerprint density at radius 2 is 2.18 bits per heavy atom. The second kappa shape index (κ2) is 5.65. The predicted octanol–water partition coefficient (Wildman–Crippen LogP) is 1.66. The predicted molar refractivity (Wildman–Crippen MR) is 88.0 cm³/mol. The molecule has 2 atom stereocenters. The molecule has 0 unspecified atom stereocenters. The van der Waals surface area contributed by atoms with Gasteiger partial charge < -0.3 is 20.3 Å². The smallest absolute Gasteiger partial charge is 0.243 e. The molecule has 1 aliphatic rings. The molecule has 2 heterocycles. The average molecular weight is 301 g/mol. The van der Waals surface area contributed by atoms with Crippen molar-refractivity contribution in [3.05, 3.63) is 30.0 Å². The lowest BCUT2D eigenvalue weighted by Crippen LogP contribution is -2.52. The largest absolute Gasteiger partial charge is 0.394 e. The fraction of sp³-hybridized carbons (Fsp3) is 0.471. The van der Waals surface area contributed by atoms with Crippen LogP contribution < -0.4 is 10.2 Å². The fourth-order valence-electron chi connectivity index (χ4n) is 3.48. The first kappa shape index (κ1) is 14.9. The molecule has 5 nitrogen and oxygen atoms in total. The summed E-state index contributed by atoms with van der Waals surface area (Å²) in [5.74, 6) is 0.141. The molecule has 0 radical (unpaired) electrons. The Kier molecular flexibility index (Phi) is 3.83. The van der Waals surface area contributed by atoms with Gasteiger partial charge in [0, 0.05) is 29.8 Å². The number of rotatable bonds is 2. The maximum atomic E-state index is 12.7. The normalized spacial score (nSPS) is 22.4. The minimum atomic E-state index is -0.263. The van der Waals surface area contributed by atoms with Crippen molar-refractivity contribution in [1.82, 2.24) is 10.3 Å². The second-order valence-corrected chi connectivity index (χ2v) is 6.41. The highest BCUT2D eigenvalue weighted by atomic mass is 16.3. The highest BCUT2D eigenvalue weighted by Gasteiger charge is 2.31. The van der Waals surface area contributed by atoms with Gasteiger partial charge in [-0.2, -0.15) is 0 Å². The number of aromatic amines is 1. The summed E-state index contributed by atoms with van der Waals surface area (Å²) in [5.41, 5.74) is 3.25. The number of likely N-dealkylation sites (N-methyl/N-ethyl adjacent to an activating group) is 1. The van der Waals surface area contributed by atoms with Gasteiger partial charge in [-0.15, -0.1) is 0 Å². The number of aliphatic hydroxyl groups is 1. The summed E-state index contributed by atoms with van der Waals surface area (Å²) < 4.78 is 0. The van der Waals surface area contributed by atoms with Gasteiger partial charge in [-0.3, -0.25) is 4.79 Å². The van der Waals surface area contributed by atoms with Crippen LogP contribution in [0.3, 0.4) is 0 Å². The first-order valence-electron chi connectivity index (χ1n) is 7.76. The lowest BCUT2D eigenvalue weighted by molar-refractivity contribution is -0.124. The topological polar surface area (TPSA) is 68.4 Å². The van der Waals surface area contributed by atoms with E-state index in [-0.39, 0.29) is 30.5 Å². The Bertz CT molecular complexity index is 692. The number of benzene rings is 1. The maximum Gasteiger partial charge on any atom is 0.243 e. The highest BCUT2D eigenvalue weighted by Crippen LogP contribution is 2.33. The molecule has 1 amide bonds. The molecule has 3 rings (SSSR count). The van der Waals surface area contributed by atoms with E-state index < -0.39 is 0 Å². The molecule has 0 saturated heterocycles. The number of H-pyrrole nitrogens is 1. The number of hydrogen-bond donors (Lipinski definition) is 3. The van der Waals surface area contributed by atoms with Crippen LogP contribution in [0.2, 0.25) is 0 Å². The minimum Gasteiger partial charge on any atom is -0.394 e. The van der Waals surface area contributed by atoms with Crippen LogP contribution in [0.4, 0.5) is 5.69 Å². The van der Waals surface area contributed by atoms with E-state index in [2.05, 4.69) is 21.3 Å². The fourth-order valence-corrected chi connectivity index (χ4v) is 3.48. The number of anilines is 1. The summed E-state index contributed by atoms with van der Waals surface area (Å²) >= 11 is 0. The molecule has 1 aliphatic heterocycles.